The SMILES string of the molecule is C=C(C)COc1ccc(C2(C)NC(=O)N(CCCCOc3ccccc3)C2=O)cc1. The van der Waals surface area contributed by atoms with Gasteiger partial charge in [0.05, 0.1) is 6.61 Å². The van der Waals surface area contributed by atoms with Crippen molar-refractivity contribution in [3.8, 4) is 11.5 Å². The molecule has 1 N–H and O–H groups in total. The third-order valence-corrected chi connectivity index (χ3v) is 4.98. The van der Waals surface area contributed by atoms with Crippen molar-refractivity contribution in [2.75, 3.05) is 19.8 Å². The molecule has 0 bridgehead atoms. The summed E-state index contributed by atoms with van der Waals surface area (Å²) in [4.78, 5) is 26.7. The van der Waals surface area contributed by atoms with Gasteiger partial charge < -0.3 is 14.8 Å². The van der Waals surface area contributed by atoms with E-state index in [2.05, 4.69) is 11.9 Å². The molecule has 0 spiro atoms. The summed E-state index contributed by atoms with van der Waals surface area (Å²) in [5.41, 5.74) is 0.567. The van der Waals surface area contributed by atoms with Gasteiger partial charge in [-0.3, -0.25) is 9.69 Å². The third-order valence-electron chi connectivity index (χ3n) is 4.98. The molecule has 1 fully saturated rings. The Hall–Kier alpha value is -3.28. The first-order valence-corrected chi connectivity index (χ1v) is 10.1. The molecule has 1 saturated heterocycles. The molecule has 3 amide bonds. The number of benzene rings is 2. The van der Waals surface area contributed by atoms with Crippen molar-refractivity contribution < 1.29 is 19.1 Å². The van der Waals surface area contributed by atoms with Gasteiger partial charge in [0.25, 0.3) is 5.91 Å². The van der Waals surface area contributed by atoms with Gasteiger partial charge in [-0.1, -0.05) is 36.9 Å². The highest BCUT2D eigenvalue weighted by Gasteiger charge is 2.48. The lowest BCUT2D eigenvalue weighted by Crippen LogP contribution is -2.41. The van der Waals surface area contributed by atoms with Gasteiger partial charge in [0.1, 0.15) is 23.6 Å². The van der Waals surface area contributed by atoms with Crippen LogP contribution in [0.15, 0.2) is 66.7 Å². The van der Waals surface area contributed by atoms with E-state index in [0.717, 1.165) is 23.3 Å². The van der Waals surface area contributed by atoms with E-state index in [9.17, 15) is 9.59 Å². The smallest absolute Gasteiger partial charge is 0.325 e. The standard InChI is InChI=1S/C24H28N2O4/c1-18(2)17-30-21-13-11-19(12-14-21)24(3)22(27)26(23(28)25-24)15-7-8-16-29-20-9-5-4-6-10-20/h4-6,9-14H,1,7-8,15-17H2,2-3H3,(H,25,28). The van der Waals surface area contributed by atoms with Crippen LogP contribution < -0.4 is 14.8 Å². The zero-order valence-corrected chi connectivity index (χ0v) is 17.5. The van der Waals surface area contributed by atoms with E-state index in [0.29, 0.717) is 31.9 Å². The summed E-state index contributed by atoms with van der Waals surface area (Å²) >= 11 is 0. The highest BCUT2D eigenvalue weighted by Crippen LogP contribution is 2.30. The van der Waals surface area contributed by atoms with Gasteiger partial charge in [0.15, 0.2) is 0 Å². The third kappa shape index (κ3) is 5.00. The van der Waals surface area contributed by atoms with Crippen LogP contribution in [0.4, 0.5) is 4.79 Å². The first kappa shape index (κ1) is 21.4. The number of imide groups is 1. The maximum Gasteiger partial charge on any atom is 0.325 e. The Labute approximate surface area is 177 Å². The van der Waals surface area contributed by atoms with Gasteiger partial charge in [-0.2, -0.15) is 0 Å². The molecule has 1 heterocycles. The predicted molar refractivity (Wildman–Crippen MR) is 116 cm³/mol. The lowest BCUT2D eigenvalue weighted by Gasteiger charge is -2.22. The van der Waals surface area contributed by atoms with Crippen molar-refractivity contribution in [2.45, 2.75) is 32.2 Å². The Balaban J connectivity index is 1.53. The number of hydrogen-bond donors (Lipinski definition) is 1. The van der Waals surface area contributed by atoms with E-state index in [1.807, 2.05) is 49.4 Å². The number of rotatable bonds is 10. The molecule has 0 aromatic heterocycles. The summed E-state index contributed by atoms with van der Waals surface area (Å²) in [7, 11) is 0. The van der Waals surface area contributed by atoms with Crippen molar-refractivity contribution in [1.82, 2.24) is 10.2 Å². The number of nitrogens with zero attached hydrogens (tertiary/aromatic N) is 1. The molecule has 1 aliphatic rings. The van der Waals surface area contributed by atoms with E-state index in [1.165, 1.54) is 4.90 Å². The van der Waals surface area contributed by atoms with Gasteiger partial charge in [-0.15, -0.1) is 0 Å². The summed E-state index contributed by atoms with van der Waals surface area (Å²) in [6.45, 7) is 8.77. The lowest BCUT2D eigenvalue weighted by atomic mass is 9.92. The minimum absolute atomic E-state index is 0.243. The second-order valence-corrected chi connectivity index (χ2v) is 7.65. The molecule has 6 nitrogen and oxygen atoms in total. The average molecular weight is 408 g/mol. The molecule has 2 aromatic rings. The maximum absolute atomic E-state index is 13.0. The zero-order chi connectivity index (χ0) is 21.6. The predicted octanol–water partition coefficient (Wildman–Crippen LogP) is 4.27. The number of para-hydroxylation sites is 1. The van der Waals surface area contributed by atoms with Crippen molar-refractivity contribution in [2.24, 2.45) is 0 Å². The van der Waals surface area contributed by atoms with Crippen LogP contribution >= 0.6 is 0 Å². The molecule has 158 valence electrons. The minimum atomic E-state index is -1.08. The summed E-state index contributed by atoms with van der Waals surface area (Å²) < 4.78 is 11.3. The normalized spacial score (nSPS) is 18.3. The quantitative estimate of drug-likeness (QED) is 0.362. The monoisotopic (exact) mass is 408 g/mol. The Kier molecular flexibility index (Phi) is 6.77. The molecule has 0 radical (unpaired) electrons. The lowest BCUT2D eigenvalue weighted by molar-refractivity contribution is -0.131. The van der Waals surface area contributed by atoms with Crippen LogP contribution in [0.3, 0.4) is 0 Å². The number of urea groups is 1. The summed E-state index contributed by atoms with van der Waals surface area (Å²) in [5, 5.41) is 2.83. The van der Waals surface area contributed by atoms with Crippen molar-refractivity contribution in [3.05, 3.63) is 72.3 Å². The maximum atomic E-state index is 13.0. The zero-order valence-electron chi connectivity index (χ0n) is 17.5. The first-order valence-electron chi connectivity index (χ1n) is 10.1. The van der Waals surface area contributed by atoms with E-state index in [-0.39, 0.29) is 11.9 Å². The fraction of sp³-hybridized carbons (Fsp3) is 0.333. The van der Waals surface area contributed by atoms with Crippen LogP contribution in [0, 0.1) is 0 Å². The van der Waals surface area contributed by atoms with E-state index < -0.39 is 5.54 Å². The minimum Gasteiger partial charge on any atom is -0.494 e. The Morgan fingerprint density at radius 3 is 2.33 bits per heavy atom. The van der Waals surface area contributed by atoms with Crippen LogP contribution in [0.25, 0.3) is 0 Å². The molecule has 6 heteroatoms. The molecule has 1 aliphatic heterocycles. The number of unbranched alkanes of at least 4 members (excludes halogenated alkanes) is 1. The Morgan fingerprint density at radius 1 is 1.00 bits per heavy atom. The first-order chi connectivity index (χ1) is 14.4. The van der Waals surface area contributed by atoms with Gasteiger partial charge in [-0.05, 0) is 62.1 Å². The molecule has 1 unspecified atom stereocenters. The Morgan fingerprint density at radius 2 is 1.67 bits per heavy atom. The topological polar surface area (TPSA) is 67.9 Å². The highest BCUT2D eigenvalue weighted by atomic mass is 16.5. The van der Waals surface area contributed by atoms with Crippen LogP contribution in [0.1, 0.15) is 32.3 Å². The number of nitrogens with one attached hydrogen (secondary N) is 1. The summed E-state index contributed by atoms with van der Waals surface area (Å²) in [5.74, 6) is 1.26. The number of amides is 3. The highest BCUT2D eigenvalue weighted by molar-refractivity contribution is 6.07. The second kappa shape index (κ2) is 9.48. The average Bonchev–Trinajstić information content (AvgIpc) is 2.96. The Bertz CT molecular complexity index is 895. The number of ether oxygens (including phenoxy) is 2. The summed E-state index contributed by atoms with van der Waals surface area (Å²) in [6, 6.07) is 16.4. The fourth-order valence-electron chi connectivity index (χ4n) is 3.27. The van der Waals surface area contributed by atoms with Crippen molar-refractivity contribution >= 4 is 11.9 Å². The van der Waals surface area contributed by atoms with Crippen LogP contribution in [0.5, 0.6) is 11.5 Å². The van der Waals surface area contributed by atoms with Crippen LogP contribution in [-0.4, -0.2) is 36.6 Å². The van der Waals surface area contributed by atoms with E-state index >= 15 is 0 Å². The molecular formula is C24H28N2O4. The van der Waals surface area contributed by atoms with Gasteiger partial charge >= 0.3 is 6.03 Å². The summed E-state index contributed by atoms with van der Waals surface area (Å²) in [6.07, 6.45) is 1.42. The number of hydrogen-bond acceptors (Lipinski definition) is 4. The van der Waals surface area contributed by atoms with Crippen LogP contribution in [0.2, 0.25) is 0 Å². The van der Waals surface area contributed by atoms with Gasteiger partial charge in [0.2, 0.25) is 0 Å². The molecule has 0 saturated carbocycles. The molecular weight excluding hydrogens is 380 g/mol. The molecule has 2 aromatic carbocycles. The van der Waals surface area contributed by atoms with E-state index in [1.54, 1.807) is 19.1 Å². The van der Waals surface area contributed by atoms with Crippen molar-refractivity contribution in [1.29, 1.82) is 0 Å². The van der Waals surface area contributed by atoms with Crippen molar-refractivity contribution in [3.63, 3.8) is 0 Å². The largest absolute Gasteiger partial charge is 0.494 e. The number of carbonyl (C=O) groups excluding carboxylic acids is 2. The van der Waals surface area contributed by atoms with Gasteiger partial charge in [0, 0.05) is 6.54 Å². The molecule has 1 atom stereocenters. The second-order valence-electron chi connectivity index (χ2n) is 7.65. The molecule has 30 heavy (non-hydrogen) atoms. The fourth-order valence-corrected chi connectivity index (χ4v) is 3.27. The molecule has 0 aliphatic carbocycles. The molecule has 3 rings (SSSR count). The number of carbonyl (C=O) groups is 2. The van der Waals surface area contributed by atoms with E-state index in [4.69, 9.17) is 9.47 Å². The van der Waals surface area contributed by atoms with Gasteiger partial charge in [-0.25, -0.2) is 4.79 Å². The van der Waals surface area contributed by atoms with Crippen LogP contribution in [-0.2, 0) is 10.3 Å².